The van der Waals surface area contributed by atoms with Crippen LogP contribution in [0.4, 0.5) is 0 Å². The van der Waals surface area contributed by atoms with Crippen LogP contribution in [-0.2, 0) is 6.42 Å². The number of carbonyl (C=O) groups is 1. The minimum atomic E-state index is 0.0405. The summed E-state index contributed by atoms with van der Waals surface area (Å²) in [5.41, 5.74) is 2.14. The molecule has 1 aliphatic rings. The van der Waals surface area contributed by atoms with Gasteiger partial charge in [0.15, 0.2) is 0 Å². The van der Waals surface area contributed by atoms with Gasteiger partial charge in [-0.1, -0.05) is 33.8 Å². The van der Waals surface area contributed by atoms with Gasteiger partial charge >= 0.3 is 0 Å². The molecule has 3 heteroatoms. The van der Waals surface area contributed by atoms with Gasteiger partial charge in [-0.05, 0) is 48.8 Å². The van der Waals surface area contributed by atoms with Crippen LogP contribution in [0, 0.1) is 5.41 Å². The first-order chi connectivity index (χ1) is 9.89. The highest BCUT2D eigenvalue weighted by atomic mass is 16.5. The van der Waals surface area contributed by atoms with Gasteiger partial charge in [-0.3, -0.25) is 4.79 Å². The summed E-state index contributed by atoms with van der Waals surface area (Å²) in [6, 6.07) is 6.16. The third-order valence-corrected chi connectivity index (χ3v) is 3.75. The molecular formula is C18H27NO2. The molecule has 1 aromatic carbocycles. The minimum absolute atomic E-state index is 0.0405. The van der Waals surface area contributed by atoms with Crippen LogP contribution in [0.15, 0.2) is 18.2 Å². The lowest BCUT2D eigenvalue weighted by Gasteiger charge is -2.25. The highest BCUT2D eigenvalue weighted by molar-refractivity contribution is 5.96. The first-order valence-corrected chi connectivity index (χ1v) is 7.95. The fourth-order valence-electron chi connectivity index (χ4n) is 2.85. The van der Waals surface area contributed by atoms with Crippen LogP contribution in [0.3, 0.4) is 0 Å². The third-order valence-electron chi connectivity index (χ3n) is 3.75. The van der Waals surface area contributed by atoms with Crippen molar-refractivity contribution in [2.24, 2.45) is 5.41 Å². The smallest absolute Gasteiger partial charge is 0.251 e. The molecule has 0 spiro atoms. The number of hydrogen-bond acceptors (Lipinski definition) is 2. The quantitative estimate of drug-likeness (QED) is 0.911. The first-order valence-electron chi connectivity index (χ1n) is 7.95. The molecule has 1 aromatic rings. The molecule has 116 valence electrons. The van der Waals surface area contributed by atoms with Crippen LogP contribution >= 0.6 is 0 Å². The fourth-order valence-corrected chi connectivity index (χ4v) is 2.85. The Labute approximate surface area is 128 Å². The van der Waals surface area contributed by atoms with Crippen LogP contribution in [0.2, 0.25) is 0 Å². The summed E-state index contributed by atoms with van der Waals surface area (Å²) in [4.78, 5) is 12.5. The van der Waals surface area contributed by atoms with Crippen molar-refractivity contribution in [3.8, 4) is 5.75 Å². The molecule has 0 aliphatic carbocycles. The van der Waals surface area contributed by atoms with Crippen molar-refractivity contribution >= 4 is 5.91 Å². The average Bonchev–Trinajstić information content (AvgIpc) is 2.54. The van der Waals surface area contributed by atoms with E-state index in [2.05, 4.69) is 33.0 Å². The van der Waals surface area contributed by atoms with Gasteiger partial charge in [-0.25, -0.2) is 0 Å². The summed E-state index contributed by atoms with van der Waals surface area (Å²) >= 11 is 0. The van der Waals surface area contributed by atoms with Crippen molar-refractivity contribution < 1.29 is 9.53 Å². The summed E-state index contributed by atoms with van der Waals surface area (Å²) in [6.07, 6.45) is 3.93. The molecule has 1 heterocycles. The zero-order valence-electron chi connectivity index (χ0n) is 13.7. The van der Waals surface area contributed by atoms with E-state index >= 15 is 0 Å². The summed E-state index contributed by atoms with van der Waals surface area (Å²) in [5.74, 6) is 0.832. The zero-order valence-corrected chi connectivity index (χ0v) is 13.7. The Morgan fingerprint density at radius 2 is 2.10 bits per heavy atom. The van der Waals surface area contributed by atoms with E-state index in [-0.39, 0.29) is 17.4 Å². The number of nitrogens with one attached hydrogen (secondary N) is 1. The summed E-state index contributed by atoms with van der Waals surface area (Å²) < 4.78 is 5.64. The van der Waals surface area contributed by atoms with Gasteiger partial charge in [0.05, 0.1) is 6.61 Å². The van der Waals surface area contributed by atoms with Crippen LogP contribution in [0.1, 0.15) is 62.9 Å². The van der Waals surface area contributed by atoms with Crippen LogP contribution in [0.25, 0.3) is 0 Å². The predicted octanol–water partition coefficient (Wildman–Crippen LogP) is 3.96. The van der Waals surface area contributed by atoms with Gasteiger partial charge in [-0.15, -0.1) is 0 Å². The number of amides is 1. The van der Waals surface area contributed by atoms with Crippen molar-refractivity contribution in [1.29, 1.82) is 0 Å². The van der Waals surface area contributed by atoms with Gasteiger partial charge in [0.2, 0.25) is 0 Å². The fraction of sp³-hybridized carbons (Fsp3) is 0.611. The summed E-state index contributed by atoms with van der Waals surface area (Å²) in [5, 5.41) is 3.18. The molecule has 3 nitrogen and oxygen atoms in total. The van der Waals surface area contributed by atoms with E-state index in [1.807, 2.05) is 18.2 Å². The highest BCUT2D eigenvalue weighted by Gasteiger charge is 2.25. The Balaban J connectivity index is 2.14. The Hall–Kier alpha value is -1.51. The minimum Gasteiger partial charge on any atom is -0.494 e. The molecule has 0 aromatic heterocycles. The maximum absolute atomic E-state index is 12.5. The second-order valence-electron chi connectivity index (χ2n) is 7.14. The van der Waals surface area contributed by atoms with Crippen LogP contribution in [-0.4, -0.2) is 18.6 Å². The largest absolute Gasteiger partial charge is 0.494 e. The van der Waals surface area contributed by atoms with Gasteiger partial charge in [0.1, 0.15) is 5.75 Å². The number of carbonyl (C=O) groups excluding carboxylic acids is 1. The van der Waals surface area contributed by atoms with Crippen LogP contribution < -0.4 is 10.1 Å². The molecule has 0 saturated heterocycles. The van der Waals surface area contributed by atoms with E-state index in [1.54, 1.807) is 0 Å². The van der Waals surface area contributed by atoms with Crippen molar-refractivity contribution in [2.75, 3.05) is 6.61 Å². The molecule has 1 atom stereocenters. The Morgan fingerprint density at radius 3 is 2.76 bits per heavy atom. The van der Waals surface area contributed by atoms with E-state index in [4.69, 9.17) is 4.74 Å². The molecule has 1 unspecified atom stereocenters. The number of benzene rings is 1. The Bertz CT molecular complexity index is 502. The molecule has 0 bridgehead atoms. The van der Waals surface area contributed by atoms with E-state index in [1.165, 1.54) is 0 Å². The van der Waals surface area contributed by atoms with Gasteiger partial charge in [0, 0.05) is 11.6 Å². The normalized spacial score (nSPS) is 18.7. The molecule has 1 amide bonds. The lowest BCUT2D eigenvalue weighted by Crippen LogP contribution is -2.36. The van der Waals surface area contributed by atoms with Crippen molar-refractivity contribution in [3.63, 3.8) is 0 Å². The molecule has 21 heavy (non-hydrogen) atoms. The highest BCUT2D eigenvalue weighted by Crippen LogP contribution is 2.27. The zero-order chi connectivity index (χ0) is 15.5. The molecule has 0 fully saturated rings. The number of rotatable bonds is 4. The number of hydrogen-bond donors (Lipinski definition) is 1. The monoisotopic (exact) mass is 289 g/mol. The van der Waals surface area contributed by atoms with Gasteiger partial charge < -0.3 is 10.1 Å². The number of ether oxygens (including phenoxy) is 1. The van der Waals surface area contributed by atoms with Gasteiger partial charge in [0.25, 0.3) is 5.91 Å². The van der Waals surface area contributed by atoms with E-state index in [0.29, 0.717) is 6.61 Å². The summed E-state index contributed by atoms with van der Waals surface area (Å²) in [6.45, 7) is 9.41. The summed E-state index contributed by atoms with van der Waals surface area (Å²) in [7, 11) is 0. The molecule has 1 aliphatic heterocycles. The van der Waals surface area contributed by atoms with Gasteiger partial charge in [-0.2, -0.15) is 0 Å². The number of fused-ring (bicyclic) bond motifs is 1. The molecule has 0 saturated carbocycles. The van der Waals surface area contributed by atoms with Crippen LogP contribution in [0.5, 0.6) is 5.75 Å². The van der Waals surface area contributed by atoms with E-state index < -0.39 is 0 Å². The third kappa shape index (κ3) is 4.48. The Morgan fingerprint density at radius 1 is 1.33 bits per heavy atom. The topological polar surface area (TPSA) is 38.3 Å². The molecular weight excluding hydrogens is 262 g/mol. The maximum Gasteiger partial charge on any atom is 0.251 e. The van der Waals surface area contributed by atoms with Crippen molar-refractivity contribution in [1.82, 2.24) is 5.32 Å². The maximum atomic E-state index is 12.5. The second kappa shape index (κ2) is 6.50. The lowest BCUT2D eigenvalue weighted by molar-refractivity contribution is 0.0929. The molecule has 1 N–H and O–H groups in total. The first kappa shape index (κ1) is 15.9. The second-order valence-corrected chi connectivity index (χ2v) is 7.14. The Kier molecular flexibility index (Phi) is 4.92. The predicted molar refractivity (Wildman–Crippen MR) is 85.9 cm³/mol. The number of aryl methyl sites for hydroxylation is 1. The standard InChI is InChI=1S/C18H27NO2/c1-5-10-21-15-9-7-13-6-8-14(12-18(2,3)4)19-17(20)16(13)11-15/h7,9,11,14H,5-6,8,10,12H2,1-4H3,(H,19,20). The molecule has 0 radical (unpaired) electrons. The SMILES string of the molecule is CCCOc1ccc2c(c1)C(=O)NC(CC(C)(C)C)CC2. The van der Waals surface area contributed by atoms with Crippen molar-refractivity contribution in [3.05, 3.63) is 29.3 Å². The molecule has 2 rings (SSSR count). The van der Waals surface area contributed by atoms with Crippen molar-refractivity contribution in [2.45, 2.75) is 59.4 Å². The average molecular weight is 289 g/mol. The van der Waals surface area contributed by atoms with E-state index in [0.717, 1.165) is 42.6 Å². The lowest BCUT2D eigenvalue weighted by atomic mass is 9.86. The van der Waals surface area contributed by atoms with E-state index in [9.17, 15) is 4.79 Å².